The summed E-state index contributed by atoms with van der Waals surface area (Å²) in [6, 6.07) is 14.9. The van der Waals surface area contributed by atoms with Gasteiger partial charge in [0.15, 0.2) is 5.78 Å². The van der Waals surface area contributed by atoms with Crippen LogP contribution in [0.5, 0.6) is 0 Å². The minimum absolute atomic E-state index is 0.172. The molecule has 0 aliphatic heterocycles. The lowest BCUT2D eigenvalue weighted by atomic mass is 9.98. The van der Waals surface area contributed by atoms with Crippen molar-refractivity contribution in [3.8, 4) is 0 Å². The zero-order valence-corrected chi connectivity index (χ0v) is 16.3. The Morgan fingerprint density at radius 2 is 1.67 bits per heavy atom. The van der Waals surface area contributed by atoms with Crippen molar-refractivity contribution in [2.24, 2.45) is 0 Å². The lowest BCUT2D eigenvalue weighted by Crippen LogP contribution is -2.31. The molecule has 4 nitrogen and oxygen atoms in total. The molecule has 0 aliphatic carbocycles. The maximum atomic E-state index is 12.7. The Hall–Kier alpha value is -1.51. The number of carbonyl (C=O) groups excluding carboxylic acids is 1. The minimum Gasteiger partial charge on any atom is -0.295 e. The SMILES string of the molecule is CC(=O)/C(=C\I)C(NS(=O)(=O)c1ccc(C)cc1)c1ccccc1. The Morgan fingerprint density at radius 3 is 2.17 bits per heavy atom. The van der Waals surface area contributed by atoms with Crippen molar-refractivity contribution in [2.75, 3.05) is 0 Å². The van der Waals surface area contributed by atoms with Crippen LogP contribution in [0, 0.1) is 6.92 Å². The van der Waals surface area contributed by atoms with Gasteiger partial charge in [0, 0.05) is 5.57 Å². The van der Waals surface area contributed by atoms with Crippen LogP contribution >= 0.6 is 22.6 Å². The predicted octanol–water partition coefficient (Wildman–Crippen LogP) is 3.92. The highest BCUT2D eigenvalue weighted by atomic mass is 127. The fraction of sp³-hybridized carbons (Fsp3) is 0.167. The lowest BCUT2D eigenvalue weighted by molar-refractivity contribution is -0.113. The lowest BCUT2D eigenvalue weighted by Gasteiger charge is -2.20. The summed E-state index contributed by atoms with van der Waals surface area (Å²) in [5.41, 5.74) is 2.09. The highest BCUT2D eigenvalue weighted by molar-refractivity contribution is 14.1. The monoisotopic (exact) mass is 455 g/mol. The van der Waals surface area contributed by atoms with Gasteiger partial charge < -0.3 is 0 Å². The van der Waals surface area contributed by atoms with Crippen molar-refractivity contribution in [1.29, 1.82) is 0 Å². The number of carbonyl (C=O) groups is 1. The predicted molar refractivity (Wildman–Crippen MR) is 103 cm³/mol. The molecule has 1 N–H and O–H groups in total. The first kappa shape index (κ1) is 18.8. The van der Waals surface area contributed by atoms with Gasteiger partial charge in [-0.2, -0.15) is 4.72 Å². The first-order valence-corrected chi connectivity index (χ1v) is 10.0. The highest BCUT2D eigenvalue weighted by Crippen LogP contribution is 2.26. The van der Waals surface area contributed by atoms with Gasteiger partial charge >= 0.3 is 0 Å². The van der Waals surface area contributed by atoms with Crippen LogP contribution in [0.1, 0.15) is 24.1 Å². The van der Waals surface area contributed by atoms with E-state index in [1.165, 1.54) is 6.92 Å². The number of nitrogens with one attached hydrogen (secondary N) is 1. The topological polar surface area (TPSA) is 63.2 Å². The molecule has 24 heavy (non-hydrogen) atoms. The van der Waals surface area contributed by atoms with Gasteiger partial charge in [0.2, 0.25) is 10.0 Å². The number of hydrogen-bond donors (Lipinski definition) is 1. The van der Waals surface area contributed by atoms with Gasteiger partial charge in [-0.25, -0.2) is 8.42 Å². The summed E-state index contributed by atoms with van der Waals surface area (Å²) < 4.78 is 29.7. The molecule has 0 spiro atoms. The molecule has 0 amide bonds. The van der Waals surface area contributed by atoms with E-state index in [-0.39, 0.29) is 10.7 Å². The number of ketones is 1. The van der Waals surface area contributed by atoms with Crippen molar-refractivity contribution < 1.29 is 13.2 Å². The molecule has 0 fully saturated rings. The van der Waals surface area contributed by atoms with E-state index in [1.54, 1.807) is 40.5 Å². The average molecular weight is 455 g/mol. The summed E-state index contributed by atoms with van der Waals surface area (Å²) >= 11 is 1.96. The molecular formula is C18H18INO3S. The van der Waals surface area contributed by atoms with E-state index < -0.39 is 16.1 Å². The van der Waals surface area contributed by atoms with Crippen LogP contribution in [-0.2, 0) is 14.8 Å². The largest absolute Gasteiger partial charge is 0.295 e. The molecule has 6 heteroatoms. The summed E-state index contributed by atoms with van der Waals surface area (Å²) in [5.74, 6) is -0.176. The second-order valence-corrected chi connectivity index (χ2v) is 7.74. The van der Waals surface area contributed by atoms with E-state index in [0.717, 1.165) is 5.56 Å². The van der Waals surface area contributed by atoms with Crippen LogP contribution in [-0.4, -0.2) is 14.2 Å². The normalized spacial score (nSPS) is 13.5. The van der Waals surface area contributed by atoms with Gasteiger partial charge in [0.25, 0.3) is 0 Å². The Morgan fingerprint density at radius 1 is 1.08 bits per heavy atom. The van der Waals surface area contributed by atoms with Gasteiger partial charge in [-0.3, -0.25) is 4.79 Å². The molecular weight excluding hydrogens is 437 g/mol. The molecule has 1 atom stereocenters. The maximum Gasteiger partial charge on any atom is 0.241 e. The number of sulfonamides is 1. The van der Waals surface area contributed by atoms with Gasteiger partial charge in [-0.1, -0.05) is 70.6 Å². The van der Waals surface area contributed by atoms with E-state index in [0.29, 0.717) is 11.1 Å². The van der Waals surface area contributed by atoms with E-state index in [9.17, 15) is 13.2 Å². The number of hydrogen-bond acceptors (Lipinski definition) is 3. The van der Waals surface area contributed by atoms with Crippen LogP contribution in [0.2, 0.25) is 0 Å². The molecule has 126 valence electrons. The molecule has 2 aromatic rings. The van der Waals surface area contributed by atoms with Crippen molar-refractivity contribution >= 4 is 38.4 Å². The maximum absolute atomic E-state index is 12.7. The van der Waals surface area contributed by atoms with Crippen LogP contribution in [0.15, 0.2) is 69.1 Å². The third-order valence-corrected chi connectivity index (χ3v) is 5.68. The molecule has 0 radical (unpaired) electrons. The summed E-state index contributed by atoms with van der Waals surface area (Å²) in [5, 5.41) is 0. The van der Waals surface area contributed by atoms with Crippen molar-refractivity contribution in [3.05, 3.63) is 75.4 Å². The molecule has 0 bridgehead atoms. The van der Waals surface area contributed by atoms with E-state index in [4.69, 9.17) is 0 Å². The summed E-state index contributed by atoms with van der Waals surface area (Å²) in [6.45, 7) is 3.32. The van der Waals surface area contributed by atoms with Crippen LogP contribution in [0.4, 0.5) is 0 Å². The Labute approximate surface area is 156 Å². The standard InChI is InChI=1S/C18H18INO3S/c1-13-8-10-16(11-9-13)24(22,23)20-18(17(12-19)14(2)21)15-6-4-3-5-7-15/h3-12,18,20H,1-2H3/b17-12+. The number of rotatable bonds is 6. The van der Waals surface area contributed by atoms with Gasteiger partial charge in [-0.05, 0) is 35.6 Å². The summed E-state index contributed by atoms with van der Waals surface area (Å²) in [6.07, 6.45) is 0. The quantitative estimate of drug-likeness (QED) is 0.531. The van der Waals surface area contributed by atoms with Crippen molar-refractivity contribution in [2.45, 2.75) is 24.8 Å². The second-order valence-electron chi connectivity index (χ2n) is 5.40. The molecule has 0 saturated carbocycles. The molecule has 2 aromatic carbocycles. The van der Waals surface area contributed by atoms with Crippen molar-refractivity contribution in [1.82, 2.24) is 4.72 Å². The number of benzene rings is 2. The average Bonchev–Trinajstić information content (AvgIpc) is 2.55. The van der Waals surface area contributed by atoms with Crippen molar-refractivity contribution in [3.63, 3.8) is 0 Å². The van der Waals surface area contributed by atoms with Gasteiger partial charge in [0.1, 0.15) is 0 Å². The molecule has 0 heterocycles. The number of aryl methyl sites for hydroxylation is 1. The van der Waals surface area contributed by atoms with Gasteiger partial charge in [0.05, 0.1) is 10.9 Å². The van der Waals surface area contributed by atoms with Gasteiger partial charge in [-0.15, -0.1) is 0 Å². The molecule has 1 unspecified atom stereocenters. The molecule has 0 aromatic heterocycles. The fourth-order valence-electron chi connectivity index (χ4n) is 2.24. The van der Waals surface area contributed by atoms with Crippen LogP contribution in [0.25, 0.3) is 0 Å². The van der Waals surface area contributed by atoms with Crippen LogP contribution < -0.4 is 4.72 Å². The highest BCUT2D eigenvalue weighted by Gasteiger charge is 2.26. The first-order valence-electron chi connectivity index (χ1n) is 7.30. The number of Topliss-reactive ketones (excluding diaryl/α,β-unsaturated/α-hetero) is 1. The fourth-order valence-corrected chi connectivity index (χ4v) is 4.24. The smallest absolute Gasteiger partial charge is 0.241 e. The van der Waals surface area contributed by atoms with Crippen LogP contribution in [0.3, 0.4) is 0 Å². The second kappa shape index (κ2) is 8.04. The first-order chi connectivity index (χ1) is 11.3. The van der Waals surface area contributed by atoms with E-state index in [2.05, 4.69) is 4.72 Å². The van der Waals surface area contributed by atoms with E-state index >= 15 is 0 Å². The minimum atomic E-state index is -3.76. The molecule has 0 aliphatic rings. The summed E-state index contributed by atoms with van der Waals surface area (Å²) in [7, 11) is -3.76. The summed E-state index contributed by atoms with van der Waals surface area (Å²) in [4.78, 5) is 12.1. The number of halogens is 1. The Kier molecular flexibility index (Phi) is 6.31. The van der Waals surface area contributed by atoms with E-state index in [1.807, 2.05) is 47.7 Å². The molecule has 2 rings (SSSR count). The third kappa shape index (κ3) is 4.52. The third-order valence-electron chi connectivity index (χ3n) is 3.57. The Bertz CT molecular complexity index is 844. The Balaban J connectivity index is 2.45. The molecule has 0 saturated heterocycles. The zero-order chi connectivity index (χ0) is 17.7. The zero-order valence-electron chi connectivity index (χ0n) is 13.4.